The van der Waals surface area contributed by atoms with E-state index in [9.17, 15) is 21.6 Å². The van der Waals surface area contributed by atoms with E-state index in [1.165, 1.54) is 12.1 Å². The van der Waals surface area contributed by atoms with Crippen LogP contribution in [0.1, 0.15) is 0 Å². The van der Waals surface area contributed by atoms with Gasteiger partial charge in [0, 0.05) is 0 Å². The molecule has 1 aromatic heterocycles. The van der Waals surface area contributed by atoms with Gasteiger partial charge in [-0.15, -0.1) is 0 Å². The Morgan fingerprint density at radius 1 is 1.10 bits per heavy atom. The van der Waals surface area contributed by atoms with Crippen molar-refractivity contribution >= 4 is 21.5 Å². The van der Waals surface area contributed by atoms with Gasteiger partial charge in [0.25, 0.3) is 10.0 Å². The Balaban J connectivity index is 2.44. The van der Waals surface area contributed by atoms with Crippen LogP contribution >= 0.6 is 0 Å². The van der Waals surface area contributed by atoms with Gasteiger partial charge in [-0.25, -0.2) is 22.2 Å². The molecule has 1 aromatic carbocycles. The number of hydrogen-bond acceptors (Lipinski definition) is 4. The first-order valence-electron chi connectivity index (χ1n) is 5.20. The fourth-order valence-corrected chi connectivity index (χ4v) is 2.51. The summed E-state index contributed by atoms with van der Waals surface area (Å²) in [5.74, 6) is -3.75. The second kappa shape index (κ2) is 5.00. The summed E-state index contributed by atoms with van der Waals surface area (Å²) >= 11 is 0. The van der Waals surface area contributed by atoms with Gasteiger partial charge in [0.15, 0.2) is 5.82 Å². The zero-order chi connectivity index (χ0) is 14.9. The molecule has 0 unspecified atom stereocenters. The van der Waals surface area contributed by atoms with Crippen molar-refractivity contribution < 1.29 is 21.6 Å². The monoisotopic (exact) mass is 303 g/mol. The van der Waals surface area contributed by atoms with E-state index in [4.69, 9.17) is 5.73 Å². The van der Waals surface area contributed by atoms with Crippen molar-refractivity contribution in [1.29, 1.82) is 0 Å². The van der Waals surface area contributed by atoms with Gasteiger partial charge >= 0.3 is 0 Å². The minimum absolute atomic E-state index is 0.340. The highest BCUT2D eigenvalue weighted by molar-refractivity contribution is 7.92. The van der Waals surface area contributed by atoms with Crippen LogP contribution in [0.25, 0.3) is 0 Å². The normalized spacial score (nSPS) is 11.3. The molecule has 20 heavy (non-hydrogen) atoms. The zero-order valence-corrected chi connectivity index (χ0v) is 10.6. The minimum atomic E-state index is -4.40. The fraction of sp³-hybridized carbons (Fsp3) is 0. The molecular formula is C11H8F3N3O2S. The maximum Gasteiger partial charge on any atom is 0.266 e. The molecule has 0 aliphatic heterocycles. The molecule has 3 N–H and O–H groups in total. The standard InChI is InChI=1S/C11H8F3N3O2S/c12-6-4-5-7(10(14)11(6)15)20(18,19)17-9-3-1-2-8(13)16-9/h1-5H,15H2,(H,16,17). The molecule has 0 amide bonds. The van der Waals surface area contributed by atoms with Crippen LogP contribution in [0.5, 0.6) is 0 Å². The predicted molar refractivity (Wildman–Crippen MR) is 65.8 cm³/mol. The van der Waals surface area contributed by atoms with Crippen molar-refractivity contribution in [2.45, 2.75) is 4.90 Å². The van der Waals surface area contributed by atoms with E-state index in [0.717, 1.165) is 6.07 Å². The molecule has 0 saturated heterocycles. The number of nitrogens with one attached hydrogen (secondary N) is 1. The minimum Gasteiger partial charge on any atom is -0.394 e. The van der Waals surface area contributed by atoms with E-state index in [0.29, 0.717) is 12.1 Å². The number of nitrogens with zero attached hydrogens (tertiary/aromatic N) is 1. The number of rotatable bonds is 3. The Morgan fingerprint density at radius 2 is 1.80 bits per heavy atom. The van der Waals surface area contributed by atoms with E-state index in [2.05, 4.69) is 4.98 Å². The first-order chi connectivity index (χ1) is 9.31. The number of anilines is 2. The van der Waals surface area contributed by atoms with Crippen molar-refractivity contribution in [1.82, 2.24) is 4.98 Å². The van der Waals surface area contributed by atoms with Gasteiger partial charge in [0.1, 0.15) is 22.2 Å². The molecule has 106 valence electrons. The van der Waals surface area contributed by atoms with E-state index in [1.807, 2.05) is 4.72 Å². The molecule has 0 radical (unpaired) electrons. The largest absolute Gasteiger partial charge is 0.394 e. The smallest absolute Gasteiger partial charge is 0.266 e. The lowest BCUT2D eigenvalue weighted by Crippen LogP contribution is -2.16. The number of pyridine rings is 1. The van der Waals surface area contributed by atoms with Crippen molar-refractivity contribution in [2.24, 2.45) is 0 Å². The summed E-state index contributed by atoms with van der Waals surface area (Å²) in [5, 5.41) is 0. The lowest BCUT2D eigenvalue weighted by Gasteiger charge is -2.09. The molecule has 0 spiro atoms. The number of sulfonamides is 1. The number of halogens is 3. The summed E-state index contributed by atoms with van der Waals surface area (Å²) in [5.41, 5.74) is 4.16. The van der Waals surface area contributed by atoms with Crippen LogP contribution in [0.2, 0.25) is 0 Å². The summed E-state index contributed by atoms with van der Waals surface area (Å²) in [6.07, 6.45) is 0. The number of aromatic nitrogens is 1. The molecular weight excluding hydrogens is 295 g/mol. The Hall–Kier alpha value is -2.29. The summed E-state index contributed by atoms with van der Waals surface area (Å²) < 4.78 is 65.2. The molecule has 2 rings (SSSR count). The molecule has 0 bridgehead atoms. The van der Waals surface area contributed by atoms with Gasteiger partial charge in [-0.1, -0.05) is 6.07 Å². The van der Waals surface area contributed by atoms with E-state index >= 15 is 0 Å². The number of benzene rings is 1. The topological polar surface area (TPSA) is 85.1 Å². The van der Waals surface area contributed by atoms with Gasteiger partial charge < -0.3 is 5.73 Å². The van der Waals surface area contributed by atoms with Crippen LogP contribution in [0.3, 0.4) is 0 Å². The number of nitrogens with two attached hydrogens (primary N) is 1. The highest BCUT2D eigenvalue weighted by Crippen LogP contribution is 2.24. The van der Waals surface area contributed by atoms with Crippen molar-refractivity contribution in [3.8, 4) is 0 Å². The average molecular weight is 303 g/mol. The van der Waals surface area contributed by atoms with Crippen molar-refractivity contribution in [3.05, 3.63) is 47.9 Å². The lowest BCUT2D eigenvalue weighted by molar-refractivity contribution is 0.557. The van der Waals surface area contributed by atoms with Crippen LogP contribution in [0.4, 0.5) is 24.7 Å². The molecule has 5 nitrogen and oxygen atoms in total. The van der Waals surface area contributed by atoms with Crippen LogP contribution in [0.15, 0.2) is 35.2 Å². The maximum absolute atomic E-state index is 13.7. The van der Waals surface area contributed by atoms with Crippen LogP contribution < -0.4 is 10.5 Å². The number of nitrogen functional groups attached to an aromatic ring is 1. The van der Waals surface area contributed by atoms with E-state index in [1.54, 1.807) is 0 Å². The second-order valence-corrected chi connectivity index (χ2v) is 5.38. The molecule has 0 atom stereocenters. The van der Waals surface area contributed by atoms with Gasteiger partial charge in [0.2, 0.25) is 5.95 Å². The van der Waals surface area contributed by atoms with Crippen molar-refractivity contribution in [3.63, 3.8) is 0 Å². The third-order valence-electron chi connectivity index (χ3n) is 2.33. The van der Waals surface area contributed by atoms with Crippen LogP contribution in [0, 0.1) is 17.6 Å². The summed E-state index contributed by atoms with van der Waals surface area (Å²) in [6, 6.07) is 4.82. The Morgan fingerprint density at radius 3 is 2.45 bits per heavy atom. The third-order valence-corrected chi connectivity index (χ3v) is 3.71. The zero-order valence-electron chi connectivity index (χ0n) is 9.77. The molecule has 0 aliphatic rings. The quantitative estimate of drug-likeness (QED) is 0.669. The first kappa shape index (κ1) is 14.1. The second-order valence-electron chi connectivity index (χ2n) is 3.72. The first-order valence-corrected chi connectivity index (χ1v) is 6.68. The molecule has 1 heterocycles. The third kappa shape index (κ3) is 2.67. The molecule has 9 heteroatoms. The molecule has 0 aliphatic carbocycles. The lowest BCUT2D eigenvalue weighted by atomic mass is 10.3. The fourth-order valence-electron chi connectivity index (χ4n) is 1.41. The Labute approximate surface area is 112 Å². The molecule has 2 aromatic rings. The van der Waals surface area contributed by atoms with Gasteiger partial charge in [-0.2, -0.15) is 4.39 Å². The Bertz CT molecular complexity index is 766. The average Bonchev–Trinajstić information content (AvgIpc) is 2.35. The summed E-state index contributed by atoms with van der Waals surface area (Å²) in [4.78, 5) is 2.41. The highest BCUT2D eigenvalue weighted by Gasteiger charge is 2.23. The summed E-state index contributed by atoms with van der Waals surface area (Å²) in [6.45, 7) is 0. The van der Waals surface area contributed by atoms with Crippen LogP contribution in [-0.2, 0) is 10.0 Å². The van der Waals surface area contributed by atoms with E-state index < -0.39 is 38.2 Å². The predicted octanol–water partition coefficient (Wildman–Crippen LogP) is 1.88. The Kier molecular flexibility index (Phi) is 3.53. The highest BCUT2D eigenvalue weighted by atomic mass is 32.2. The van der Waals surface area contributed by atoms with Crippen molar-refractivity contribution in [2.75, 3.05) is 10.5 Å². The van der Waals surface area contributed by atoms with Gasteiger partial charge in [-0.05, 0) is 24.3 Å². The summed E-state index contributed by atoms with van der Waals surface area (Å²) in [7, 11) is -4.40. The van der Waals surface area contributed by atoms with E-state index in [-0.39, 0.29) is 5.82 Å². The molecule has 0 fully saturated rings. The SMILES string of the molecule is Nc1c(F)ccc(S(=O)(=O)Nc2cccc(F)n2)c1F. The van der Waals surface area contributed by atoms with Gasteiger partial charge in [-0.3, -0.25) is 4.72 Å². The van der Waals surface area contributed by atoms with Crippen LogP contribution in [-0.4, -0.2) is 13.4 Å². The maximum atomic E-state index is 13.7. The number of hydrogen-bond donors (Lipinski definition) is 2. The molecule has 0 saturated carbocycles. The van der Waals surface area contributed by atoms with Gasteiger partial charge in [0.05, 0.1) is 0 Å².